The van der Waals surface area contributed by atoms with E-state index < -0.39 is 5.91 Å². The Morgan fingerprint density at radius 3 is 2.39 bits per heavy atom. The zero-order chi connectivity index (χ0) is 23.4. The van der Waals surface area contributed by atoms with Gasteiger partial charge in [0.2, 0.25) is 15.9 Å². The molecule has 0 unspecified atom stereocenters. The molecule has 0 radical (unpaired) electrons. The van der Waals surface area contributed by atoms with Gasteiger partial charge in [0.1, 0.15) is 11.5 Å². The molecule has 2 N–H and O–H groups in total. The molecule has 0 saturated carbocycles. The number of piperidine rings is 1. The van der Waals surface area contributed by atoms with Crippen LogP contribution >= 0.6 is 11.3 Å². The average molecular weight is 468 g/mol. The summed E-state index contributed by atoms with van der Waals surface area (Å²) in [6, 6.07) is 11.1. The van der Waals surface area contributed by atoms with Crippen LogP contribution in [0.5, 0.6) is 0 Å². The molecule has 0 spiro atoms. The number of amides is 3. The predicted octanol–water partition coefficient (Wildman–Crippen LogP) is 3.17. The fourth-order valence-corrected chi connectivity index (χ4v) is 4.31. The minimum Gasteiger partial charge on any atom is -0.465 e. The number of aryl methyl sites for hydroxylation is 2. The lowest BCUT2D eigenvalue weighted by atomic mass is 9.96. The van der Waals surface area contributed by atoms with Crippen molar-refractivity contribution in [2.75, 3.05) is 18.4 Å². The number of nitrogens with zero attached hydrogens (tertiary/aromatic N) is 3. The molecule has 1 aliphatic heterocycles. The van der Waals surface area contributed by atoms with E-state index in [1.807, 2.05) is 38.1 Å². The van der Waals surface area contributed by atoms with Crippen LogP contribution in [-0.2, 0) is 11.3 Å². The summed E-state index contributed by atoms with van der Waals surface area (Å²) in [4.78, 5) is 39.3. The highest BCUT2D eigenvalue weighted by Gasteiger charge is 2.29. The fraction of sp³-hybridized carbons (Fsp3) is 0.348. The first-order chi connectivity index (χ1) is 15.9. The number of carbonyl (C=O) groups excluding carboxylic acids is 3. The van der Waals surface area contributed by atoms with Crippen LogP contribution in [0.25, 0.3) is 0 Å². The number of benzene rings is 1. The van der Waals surface area contributed by atoms with Crippen molar-refractivity contribution >= 4 is 34.7 Å². The number of carbonyl (C=O) groups is 3. The maximum Gasteiger partial charge on any atom is 0.286 e. The maximum absolute atomic E-state index is 12.8. The van der Waals surface area contributed by atoms with Crippen LogP contribution in [-0.4, -0.2) is 45.9 Å². The van der Waals surface area contributed by atoms with Crippen LogP contribution in [0.3, 0.4) is 0 Å². The molecule has 1 fully saturated rings. The van der Waals surface area contributed by atoms with Gasteiger partial charge in [0.05, 0.1) is 6.54 Å². The zero-order valence-electron chi connectivity index (χ0n) is 18.5. The Bertz CT molecular complexity index is 1150. The molecule has 3 aromatic rings. The van der Waals surface area contributed by atoms with Crippen LogP contribution in [0.4, 0.5) is 5.69 Å². The van der Waals surface area contributed by atoms with Gasteiger partial charge >= 0.3 is 0 Å². The number of likely N-dealkylation sites (tertiary alicyclic amines) is 1. The molecule has 10 heteroatoms. The molecule has 9 nitrogen and oxygen atoms in total. The van der Waals surface area contributed by atoms with E-state index in [1.54, 1.807) is 17.0 Å². The molecular formula is C23H25N5O4S. The van der Waals surface area contributed by atoms with Crippen LogP contribution < -0.4 is 10.6 Å². The second-order valence-corrected chi connectivity index (χ2v) is 9.01. The van der Waals surface area contributed by atoms with Gasteiger partial charge < -0.3 is 20.0 Å². The molecule has 33 heavy (non-hydrogen) atoms. The normalized spacial score (nSPS) is 14.2. The lowest BCUT2D eigenvalue weighted by molar-refractivity contribution is -0.126. The van der Waals surface area contributed by atoms with E-state index in [0.29, 0.717) is 43.9 Å². The molecule has 172 valence electrons. The first-order valence-corrected chi connectivity index (χ1v) is 11.5. The van der Waals surface area contributed by atoms with Gasteiger partial charge in [0.15, 0.2) is 0 Å². The highest BCUT2D eigenvalue weighted by Crippen LogP contribution is 2.21. The third-order valence-electron chi connectivity index (χ3n) is 5.50. The maximum atomic E-state index is 12.8. The Labute approximate surface area is 195 Å². The van der Waals surface area contributed by atoms with Crippen molar-refractivity contribution in [1.82, 2.24) is 20.4 Å². The van der Waals surface area contributed by atoms with Gasteiger partial charge in [0.25, 0.3) is 11.8 Å². The summed E-state index contributed by atoms with van der Waals surface area (Å²) < 4.78 is 5.47. The topological polar surface area (TPSA) is 117 Å². The minimum absolute atomic E-state index is 0.0397. The van der Waals surface area contributed by atoms with Crippen LogP contribution in [0.1, 0.15) is 49.5 Å². The molecule has 3 heterocycles. The fourth-order valence-electron chi connectivity index (χ4n) is 3.60. The summed E-state index contributed by atoms with van der Waals surface area (Å²) in [5.74, 6) is 0.646. The van der Waals surface area contributed by atoms with E-state index in [4.69, 9.17) is 4.42 Å². The molecule has 1 saturated heterocycles. The molecule has 0 bridgehead atoms. The van der Waals surface area contributed by atoms with Gasteiger partial charge in [-0.25, -0.2) is 0 Å². The van der Waals surface area contributed by atoms with E-state index in [1.165, 1.54) is 0 Å². The number of furan rings is 1. The monoisotopic (exact) mass is 467 g/mol. The SMILES string of the molecule is Cc1ccc(NC(=O)c2nnc(C(=O)N3CCC(C(=O)NCc4ccc(C)o4)CC3)s2)cc1. The number of hydrogen-bond acceptors (Lipinski definition) is 7. The smallest absolute Gasteiger partial charge is 0.286 e. The highest BCUT2D eigenvalue weighted by atomic mass is 32.1. The molecule has 2 aromatic heterocycles. The molecule has 4 rings (SSSR count). The van der Waals surface area contributed by atoms with Gasteiger partial charge in [0, 0.05) is 24.7 Å². The van der Waals surface area contributed by atoms with Gasteiger partial charge in [-0.15, -0.1) is 10.2 Å². The summed E-state index contributed by atoms with van der Waals surface area (Å²) >= 11 is 0.965. The minimum atomic E-state index is -0.405. The first-order valence-electron chi connectivity index (χ1n) is 10.7. The molecule has 3 amide bonds. The van der Waals surface area contributed by atoms with Gasteiger partial charge in [-0.3, -0.25) is 14.4 Å². The largest absolute Gasteiger partial charge is 0.465 e. The average Bonchev–Trinajstić information content (AvgIpc) is 3.48. The Hall–Kier alpha value is -3.53. The summed E-state index contributed by atoms with van der Waals surface area (Å²) in [5.41, 5.74) is 1.74. The van der Waals surface area contributed by atoms with Crippen molar-refractivity contribution in [3.63, 3.8) is 0 Å². The zero-order valence-corrected chi connectivity index (χ0v) is 19.3. The molecule has 1 aromatic carbocycles. The van der Waals surface area contributed by atoms with Crippen LogP contribution in [0, 0.1) is 19.8 Å². The lowest BCUT2D eigenvalue weighted by Gasteiger charge is -2.30. The van der Waals surface area contributed by atoms with E-state index >= 15 is 0 Å². The first kappa shape index (κ1) is 22.7. The third-order valence-corrected chi connectivity index (χ3v) is 6.41. The Kier molecular flexibility index (Phi) is 6.83. The second-order valence-electron chi connectivity index (χ2n) is 8.03. The highest BCUT2D eigenvalue weighted by molar-refractivity contribution is 7.15. The number of rotatable bonds is 6. The number of anilines is 1. The molecule has 0 atom stereocenters. The van der Waals surface area contributed by atoms with E-state index in [2.05, 4.69) is 20.8 Å². The Balaban J connectivity index is 1.27. The van der Waals surface area contributed by atoms with Crippen molar-refractivity contribution < 1.29 is 18.8 Å². The van der Waals surface area contributed by atoms with E-state index in [9.17, 15) is 14.4 Å². The number of hydrogen-bond donors (Lipinski definition) is 2. The van der Waals surface area contributed by atoms with Crippen LogP contribution in [0.15, 0.2) is 40.8 Å². The standard InChI is InChI=1S/C23H25N5O4S/c1-14-3-6-17(7-4-14)25-20(30)21-26-27-22(33-21)23(31)28-11-9-16(10-12-28)19(29)24-13-18-8-5-15(2)32-18/h3-8,16H,9-13H2,1-2H3,(H,24,29)(H,25,30). The molecule has 1 aliphatic rings. The quantitative estimate of drug-likeness (QED) is 0.575. The Morgan fingerprint density at radius 1 is 1.03 bits per heavy atom. The number of nitrogens with one attached hydrogen (secondary N) is 2. The van der Waals surface area contributed by atoms with Crippen LogP contribution in [0.2, 0.25) is 0 Å². The predicted molar refractivity (Wildman–Crippen MR) is 123 cm³/mol. The van der Waals surface area contributed by atoms with Crippen molar-refractivity contribution in [1.29, 1.82) is 0 Å². The van der Waals surface area contributed by atoms with Gasteiger partial charge in [-0.05, 0) is 51.0 Å². The summed E-state index contributed by atoms with van der Waals surface area (Å²) in [7, 11) is 0. The Morgan fingerprint density at radius 2 is 1.73 bits per heavy atom. The van der Waals surface area contributed by atoms with Crippen molar-refractivity contribution in [2.24, 2.45) is 5.92 Å². The summed E-state index contributed by atoms with van der Waals surface area (Å²) in [6.07, 6.45) is 1.13. The molecule has 0 aliphatic carbocycles. The van der Waals surface area contributed by atoms with E-state index in [-0.39, 0.29) is 27.7 Å². The third kappa shape index (κ3) is 5.64. The number of aromatic nitrogens is 2. The van der Waals surface area contributed by atoms with Gasteiger partial charge in [-0.1, -0.05) is 29.0 Å². The van der Waals surface area contributed by atoms with Crippen molar-refractivity contribution in [2.45, 2.75) is 33.2 Å². The van der Waals surface area contributed by atoms with Crippen molar-refractivity contribution in [3.8, 4) is 0 Å². The second kappa shape index (κ2) is 9.95. The summed E-state index contributed by atoms with van der Waals surface area (Å²) in [5, 5.41) is 13.7. The van der Waals surface area contributed by atoms with E-state index in [0.717, 1.165) is 22.7 Å². The van der Waals surface area contributed by atoms with Crippen molar-refractivity contribution in [3.05, 3.63) is 63.5 Å². The van der Waals surface area contributed by atoms with Gasteiger partial charge in [-0.2, -0.15) is 0 Å². The molecular weight excluding hydrogens is 442 g/mol. The lowest BCUT2D eigenvalue weighted by Crippen LogP contribution is -2.42. The summed E-state index contributed by atoms with van der Waals surface area (Å²) in [6.45, 7) is 5.06.